The SMILES string of the molecule is N#CC(C#N)C(=O)Cc1ccc(Cl)cc1. The molecular formula is C11H7ClN2O. The Morgan fingerprint density at radius 3 is 2.27 bits per heavy atom. The molecular weight excluding hydrogens is 212 g/mol. The van der Waals surface area contributed by atoms with Crippen LogP contribution in [-0.2, 0) is 11.2 Å². The Morgan fingerprint density at radius 1 is 1.27 bits per heavy atom. The lowest BCUT2D eigenvalue weighted by Gasteiger charge is -2.00. The van der Waals surface area contributed by atoms with E-state index in [-0.39, 0.29) is 12.2 Å². The van der Waals surface area contributed by atoms with Crippen LogP contribution in [0.1, 0.15) is 5.56 Å². The van der Waals surface area contributed by atoms with Gasteiger partial charge in [-0.05, 0) is 17.7 Å². The first-order chi connectivity index (χ1) is 7.17. The van der Waals surface area contributed by atoms with Gasteiger partial charge in [0.2, 0.25) is 0 Å². The van der Waals surface area contributed by atoms with Crippen LogP contribution in [0.15, 0.2) is 24.3 Å². The summed E-state index contributed by atoms with van der Waals surface area (Å²) in [5.74, 6) is -1.57. The number of hydrogen-bond donors (Lipinski definition) is 0. The van der Waals surface area contributed by atoms with E-state index in [2.05, 4.69) is 0 Å². The molecule has 0 fully saturated rings. The molecule has 0 amide bonds. The predicted molar refractivity (Wildman–Crippen MR) is 54.9 cm³/mol. The van der Waals surface area contributed by atoms with Gasteiger partial charge in [-0.1, -0.05) is 23.7 Å². The highest BCUT2D eigenvalue weighted by Gasteiger charge is 2.16. The van der Waals surface area contributed by atoms with Crippen LogP contribution >= 0.6 is 11.6 Å². The molecule has 0 atom stereocenters. The van der Waals surface area contributed by atoms with Crippen molar-refractivity contribution in [2.45, 2.75) is 6.42 Å². The number of rotatable bonds is 3. The van der Waals surface area contributed by atoms with E-state index in [1.54, 1.807) is 36.4 Å². The Kier molecular flexibility index (Phi) is 3.85. The largest absolute Gasteiger partial charge is 0.297 e. The molecule has 0 N–H and O–H groups in total. The first kappa shape index (κ1) is 11.2. The highest BCUT2D eigenvalue weighted by atomic mass is 35.5. The average molecular weight is 219 g/mol. The van der Waals surface area contributed by atoms with Gasteiger partial charge in [0.1, 0.15) is 0 Å². The number of nitriles is 2. The summed E-state index contributed by atoms with van der Waals surface area (Å²) in [4.78, 5) is 11.4. The molecule has 0 aliphatic rings. The van der Waals surface area contributed by atoms with Crippen LogP contribution in [0.25, 0.3) is 0 Å². The third kappa shape index (κ3) is 3.09. The maximum absolute atomic E-state index is 11.4. The zero-order chi connectivity index (χ0) is 11.3. The minimum atomic E-state index is -1.18. The second-order valence-electron chi connectivity index (χ2n) is 2.96. The van der Waals surface area contributed by atoms with Crippen molar-refractivity contribution < 1.29 is 4.79 Å². The molecule has 0 aliphatic heterocycles. The van der Waals surface area contributed by atoms with Gasteiger partial charge < -0.3 is 0 Å². The normalized spacial score (nSPS) is 9.33. The summed E-state index contributed by atoms with van der Waals surface area (Å²) in [6.07, 6.45) is 0.0863. The molecule has 0 bridgehead atoms. The van der Waals surface area contributed by atoms with Crippen molar-refractivity contribution in [2.24, 2.45) is 5.92 Å². The molecule has 0 aliphatic carbocycles. The lowest BCUT2D eigenvalue weighted by molar-refractivity contribution is -0.119. The Bertz CT molecular complexity index is 425. The molecule has 0 saturated heterocycles. The van der Waals surface area contributed by atoms with E-state index in [1.165, 1.54) is 0 Å². The maximum Gasteiger partial charge on any atom is 0.191 e. The Hall–Kier alpha value is -1.84. The molecule has 1 rings (SSSR count). The standard InChI is InChI=1S/C11H7ClN2O/c12-10-3-1-8(2-4-10)5-11(15)9(6-13)7-14/h1-4,9H,5H2. The lowest BCUT2D eigenvalue weighted by atomic mass is 10.0. The molecule has 1 aromatic rings. The number of Topliss-reactive ketones (excluding diaryl/α,β-unsaturated/α-hetero) is 1. The van der Waals surface area contributed by atoms with Crippen LogP contribution in [0.5, 0.6) is 0 Å². The number of carbonyl (C=O) groups is 1. The third-order valence-corrected chi connectivity index (χ3v) is 2.12. The maximum atomic E-state index is 11.4. The van der Waals surface area contributed by atoms with Crippen LogP contribution in [0.3, 0.4) is 0 Å². The zero-order valence-corrected chi connectivity index (χ0v) is 8.53. The van der Waals surface area contributed by atoms with E-state index >= 15 is 0 Å². The Morgan fingerprint density at radius 2 is 1.80 bits per heavy atom. The molecule has 0 saturated carbocycles. The summed E-state index contributed by atoms with van der Waals surface area (Å²) >= 11 is 5.68. The van der Waals surface area contributed by atoms with Crippen LogP contribution in [0.4, 0.5) is 0 Å². The lowest BCUT2D eigenvalue weighted by Crippen LogP contribution is -2.13. The molecule has 0 aromatic heterocycles. The quantitative estimate of drug-likeness (QED) is 0.781. The van der Waals surface area contributed by atoms with Gasteiger partial charge in [-0.15, -0.1) is 0 Å². The van der Waals surface area contributed by atoms with Crippen LogP contribution < -0.4 is 0 Å². The van der Waals surface area contributed by atoms with Crippen LogP contribution in [0, 0.1) is 28.6 Å². The van der Waals surface area contributed by atoms with Gasteiger partial charge in [0.05, 0.1) is 12.1 Å². The van der Waals surface area contributed by atoms with E-state index in [0.29, 0.717) is 5.02 Å². The summed E-state index contributed by atoms with van der Waals surface area (Å²) < 4.78 is 0. The monoisotopic (exact) mass is 218 g/mol. The fourth-order valence-electron chi connectivity index (χ4n) is 1.08. The van der Waals surface area contributed by atoms with Gasteiger partial charge in [0.15, 0.2) is 11.7 Å². The zero-order valence-electron chi connectivity index (χ0n) is 7.77. The van der Waals surface area contributed by atoms with E-state index in [9.17, 15) is 4.79 Å². The first-order valence-corrected chi connectivity index (χ1v) is 4.61. The smallest absolute Gasteiger partial charge is 0.191 e. The minimum Gasteiger partial charge on any atom is -0.297 e. The van der Waals surface area contributed by atoms with Crippen molar-refractivity contribution in [3.05, 3.63) is 34.9 Å². The molecule has 3 nitrogen and oxygen atoms in total. The number of carbonyl (C=O) groups excluding carboxylic acids is 1. The van der Waals surface area contributed by atoms with Gasteiger partial charge >= 0.3 is 0 Å². The first-order valence-electron chi connectivity index (χ1n) is 4.23. The second-order valence-corrected chi connectivity index (χ2v) is 3.40. The fraction of sp³-hybridized carbons (Fsp3) is 0.182. The molecule has 74 valence electrons. The summed E-state index contributed by atoms with van der Waals surface area (Å²) in [6.45, 7) is 0. The van der Waals surface area contributed by atoms with E-state index in [0.717, 1.165) is 5.56 Å². The minimum absolute atomic E-state index is 0.0863. The highest BCUT2D eigenvalue weighted by Crippen LogP contribution is 2.11. The highest BCUT2D eigenvalue weighted by molar-refractivity contribution is 6.30. The second kappa shape index (κ2) is 5.14. The van der Waals surface area contributed by atoms with Crippen molar-refractivity contribution in [1.29, 1.82) is 10.5 Å². The third-order valence-electron chi connectivity index (χ3n) is 1.87. The molecule has 1 aromatic carbocycles. The summed E-state index contributed by atoms with van der Waals surface area (Å²) in [5.41, 5.74) is 0.750. The number of ketones is 1. The Balaban J connectivity index is 2.72. The summed E-state index contributed by atoms with van der Waals surface area (Å²) in [6, 6.07) is 10.0. The number of hydrogen-bond acceptors (Lipinski definition) is 3. The average Bonchev–Trinajstić information content (AvgIpc) is 2.23. The van der Waals surface area contributed by atoms with Crippen molar-refractivity contribution in [2.75, 3.05) is 0 Å². The van der Waals surface area contributed by atoms with Gasteiger partial charge in [0, 0.05) is 11.4 Å². The fourth-order valence-corrected chi connectivity index (χ4v) is 1.20. The summed E-state index contributed by atoms with van der Waals surface area (Å²) in [7, 11) is 0. The molecule has 15 heavy (non-hydrogen) atoms. The van der Waals surface area contributed by atoms with E-state index in [1.807, 2.05) is 0 Å². The Labute approximate surface area is 92.5 Å². The van der Waals surface area contributed by atoms with Gasteiger partial charge in [-0.2, -0.15) is 10.5 Å². The molecule has 0 spiro atoms. The number of halogens is 1. The number of nitrogens with zero attached hydrogens (tertiary/aromatic N) is 2. The van der Waals surface area contributed by atoms with Crippen molar-refractivity contribution in [3.8, 4) is 12.1 Å². The van der Waals surface area contributed by atoms with Gasteiger partial charge in [-0.3, -0.25) is 4.79 Å². The molecule has 0 heterocycles. The predicted octanol–water partition coefficient (Wildman–Crippen LogP) is 2.11. The van der Waals surface area contributed by atoms with Crippen molar-refractivity contribution in [1.82, 2.24) is 0 Å². The van der Waals surface area contributed by atoms with Crippen molar-refractivity contribution >= 4 is 17.4 Å². The molecule has 0 unspecified atom stereocenters. The molecule has 0 radical (unpaired) electrons. The van der Waals surface area contributed by atoms with Gasteiger partial charge in [-0.25, -0.2) is 0 Å². The van der Waals surface area contributed by atoms with Crippen molar-refractivity contribution in [3.63, 3.8) is 0 Å². The van der Waals surface area contributed by atoms with E-state index < -0.39 is 5.92 Å². The van der Waals surface area contributed by atoms with Crippen LogP contribution in [-0.4, -0.2) is 5.78 Å². The summed E-state index contributed by atoms with van der Waals surface area (Å²) in [5, 5.41) is 17.6. The van der Waals surface area contributed by atoms with E-state index in [4.69, 9.17) is 22.1 Å². The van der Waals surface area contributed by atoms with Gasteiger partial charge in [0.25, 0.3) is 0 Å². The van der Waals surface area contributed by atoms with Crippen LogP contribution in [0.2, 0.25) is 5.02 Å². The number of benzene rings is 1. The molecule has 4 heteroatoms. The topological polar surface area (TPSA) is 64.7 Å².